The molecule has 142 valence electrons. The van der Waals surface area contributed by atoms with Crippen LogP contribution < -0.4 is 19.5 Å². The third kappa shape index (κ3) is 3.87. The summed E-state index contributed by atoms with van der Waals surface area (Å²) in [5, 5.41) is 3.21. The number of hydrogen-bond donors (Lipinski definition) is 1. The SMILES string of the molecule is Cc1ccc2c(c1)C(NC(=O)CCc1ccc3c(c1)OCO3)CC(C)(C)O2. The lowest BCUT2D eigenvalue weighted by Crippen LogP contribution is -2.41. The summed E-state index contributed by atoms with van der Waals surface area (Å²) in [4.78, 5) is 12.6. The molecule has 0 saturated carbocycles. The molecule has 2 aromatic rings. The van der Waals surface area contributed by atoms with Crippen LogP contribution in [0.1, 0.15) is 49.4 Å². The van der Waals surface area contributed by atoms with Crippen molar-refractivity contribution in [2.24, 2.45) is 0 Å². The predicted molar refractivity (Wildman–Crippen MR) is 102 cm³/mol. The van der Waals surface area contributed by atoms with E-state index >= 15 is 0 Å². The number of fused-ring (bicyclic) bond motifs is 2. The highest BCUT2D eigenvalue weighted by molar-refractivity contribution is 5.77. The van der Waals surface area contributed by atoms with Gasteiger partial charge in [0.1, 0.15) is 11.4 Å². The maximum Gasteiger partial charge on any atom is 0.231 e. The molecule has 0 aliphatic carbocycles. The van der Waals surface area contributed by atoms with Crippen LogP contribution in [0.15, 0.2) is 36.4 Å². The normalized spacial score (nSPS) is 19.1. The van der Waals surface area contributed by atoms with Crippen molar-refractivity contribution in [3.05, 3.63) is 53.1 Å². The fourth-order valence-corrected chi connectivity index (χ4v) is 3.72. The number of carbonyl (C=O) groups is 1. The topological polar surface area (TPSA) is 56.8 Å². The Morgan fingerprint density at radius 1 is 1.11 bits per heavy atom. The van der Waals surface area contributed by atoms with Crippen LogP contribution in [0.3, 0.4) is 0 Å². The molecule has 0 saturated heterocycles. The Labute approximate surface area is 159 Å². The van der Waals surface area contributed by atoms with Crippen molar-refractivity contribution >= 4 is 5.91 Å². The number of ether oxygens (including phenoxy) is 3. The minimum Gasteiger partial charge on any atom is -0.487 e. The first-order chi connectivity index (χ1) is 12.9. The van der Waals surface area contributed by atoms with E-state index in [9.17, 15) is 4.79 Å². The van der Waals surface area contributed by atoms with Crippen molar-refractivity contribution in [3.8, 4) is 17.2 Å². The van der Waals surface area contributed by atoms with Crippen LogP contribution in [0.25, 0.3) is 0 Å². The van der Waals surface area contributed by atoms with Crippen molar-refractivity contribution in [1.29, 1.82) is 0 Å². The zero-order chi connectivity index (χ0) is 19.0. The van der Waals surface area contributed by atoms with E-state index in [0.29, 0.717) is 12.8 Å². The zero-order valence-corrected chi connectivity index (χ0v) is 16.0. The van der Waals surface area contributed by atoms with Gasteiger partial charge in [-0.1, -0.05) is 23.8 Å². The van der Waals surface area contributed by atoms with E-state index in [1.807, 2.05) is 30.3 Å². The van der Waals surface area contributed by atoms with Crippen LogP contribution in [0.5, 0.6) is 17.2 Å². The van der Waals surface area contributed by atoms with E-state index in [-0.39, 0.29) is 24.3 Å². The van der Waals surface area contributed by atoms with Crippen molar-refractivity contribution in [2.45, 2.75) is 51.7 Å². The summed E-state index contributed by atoms with van der Waals surface area (Å²) in [5.41, 5.74) is 2.98. The summed E-state index contributed by atoms with van der Waals surface area (Å²) in [6.07, 6.45) is 1.84. The minimum atomic E-state index is -0.308. The van der Waals surface area contributed by atoms with Crippen molar-refractivity contribution in [1.82, 2.24) is 5.32 Å². The molecular weight excluding hydrogens is 342 g/mol. The van der Waals surface area contributed by atoms with Crippen LogP contribution in [0, 0.1) is 6.92 Å². The van der Waals surface area contributed by atoms with Crippen LogP contribution in [0.2, 0.25) is 0 Å². The van der Waals surface area contributed by atoms with E-state index in [2.05, 4.69) is 32.2 Å². The molecule has 5 nitrogen and oxygen atoms in total. The molecule has 2 aliphatic heterocycles. The Hall–Kier alpha value is -2.69. The number of rotatable bonds is 4. The molecule has 2 aliphatic rings. The monoisotopic (exact) mass is 367 g/mol. The molecule has 0 radical (unpaired) electrons. The molecule has 2 heterocycles. The maximum atomic E-state index is 12.6. The molecule has 0 spiro atoms. The lowest BCUT2D eigenvalue weighted by molar-refractivity contribution is -0.122. The summed E-state index contributed by atoms with van der Waals surface area (Å²) < 4.78 is 16.8. The average molecular weight is 367 g/mol. The molecular formula is C22H25NO4. The molecule has 5 heteroatoms. The van der Waals surface area contributed by atoms with E-state index < -0.39 is 0 Å². The predicted octanol–water partition coefficient (Wildman–Crippen LogP) is 4.07. The molecule has 4 rings (SSSR count). The molecule has 1 N–H and O–H groups in total. The zero-order valence-electron chi connectivity index (χ0n) is 16.0. The molecule has 1 unspecified atom stereocenters. The van der Waals surface area contributed by atoms with E-state index in [1.165, 1.54) is 0 Å². The van der Waals surface area contributed by atoms with E-state index in [1.54, 1.807) is 0 Å². The van der Waals surface area contributed by atoms with Gasteiger partial charge in [-0.25, -0.2) is 0 Å². The largest absolute Gasteiger partial charge is 0.487 e. The van der Waals surface area contributed by atoms with Gasteiger partial charge >= 0.3 is 0 Å². The molecule has 0 fully saturated rings. The van der Waals surface area contributed by atoms with E-state index in [0.717, 1.165) is 40.4 Å². The number of nitrogens with one attached hydrogen (secondary N) is 1. The van der Waals surface area contributed by atoms with Crippen LogP contribution >= 0.6 is 0 Å². The fourth-order valence-electron chi connectivity index (χ4n) is 3.72. The van der Waals surface area contributed by atoms with Crippen LogP contribution in [-0.4, -0.2) is 18.3 Å². The Bertz CT molecular complexity index is 875. The second-order valence-electron chi connectivity index (χ2n) is 7.91. The van der Waals surface area contributed by atoms with Crippen LogP contribution in [0.4, 0.5) is 0 Å². The summed E-state index contributed by atoms with van der Waals surface area (Å²) >= 11 is 0. The molecule has 2 aromatic carbocycles. The molecule has 0 aromatic heterocycles. The van der Waals surface area contributed by atoms with Gasteiger partial charge in [0.25, 0.3) is 0 Å². The number of benzene rings is 2. The standard InChI is InChI=1S/C22H25NO4/c1-14-4-7-18-16(10-14)17(12-22(2,3)27-18)23-21(24)9-6-15-5-8-19-20(11-15)26-13-25-19/h4-5,7-8,10-11,17H,6,9,12-13H2,1-3H3,(H,23,24). The Kier molecular flexibility index (Phi) is 4.46. The highest BCUT2D eigenvalue weighted by atomic mass is 16.7. The van der Waals surface area contributed by atoms with Gasteiger partial charge in [0, 0.05) is 18.4 Å². The van der Waals surface area contributed by atoms with Crippen molar-refractivity contribution in [2.75, 3.05) is 6.79 Å². The Balaban J connectivity index is 1.42. The highest BCUT2D eigenvalue weighted by Crippen LogP contribution is 2.40. The third-order valence-corrected chi connectivity index (χ3v) is 5.04. The van der Waals surface area contributed by atoms with Gasteiger partial charge in [-0.05, 0) is 51.0 Å². The minimum absolute atomic E-state index is 0.0343. The first kappa shape index (κ1) is 17.7. The first-order valence-corrected chi connectivity index (χ1v) is 9.37. The van der Waals surface area contributed by atoms with Gasteiger partial charge in [0.15, 0.2) is 11.5 Å². The van der Waals surface area contributed by atoms with Gasteiger partial charge in [0.2, 0.25) is 12.7 Å². The van der Waals surface area contributed by atoms with Gasteiger partial charge in [-0.15, -0.1) is 0 Å². The van der Waals surface area contributed by atoms with Crippen molar-refractivity contribution < 1.29 is 19.0 Å². The fraction of sp³-hybridized carbons (Fsp3) is 0.409. The van der Waals surface area contributed by atoms with E-state index in [4.69, 9.17) is 14.2 Å². The van der Waals surface area contributed by atoms with Gasteiger partial charge in [-0.2, -0.15) is 0 Å². The molecule has 1 atom stereocenters. The smallest absolute Gasteiger partial charge is 0.231 e. The summed E-state index contributed by atoms with van der Waals surface area (Å²) in [7, 11) is 0. The second-order valence-corrected chi connectivity index (χ2v) is 7.91. The number of carbonyl (C=O) groups excluding carboxylic acids is 1. The average Bonchev–Trinajstić information content (AvgIpc) is 3.08. The second kappa shape index (κ2) is 6.80. The van der Waals surface area contributed by atoms with Crippen LogP contribution in [-0.2, 0) is 11.2 Å². The summed E-state index contributed by atoms with van der Waals surface area (Å²) in [5.74, 6) is 2.42. The number of hydrogen-bond acceptors (Lipinski definition) is 4. The Morgan fingerprint density at radius 2 is 1.89 bits per heavy atom. The first-order valence-electron chi connectivity index (χ1n) is 9.37. The summed E-state index contributed by atoms with van der Waals surface area (Å²) in [6.45, 7) is 6.43. The lowest BCUT2D eigenvalue weighted by atomic mass is 9.89. The van der Waals surface area contributed by atoms with Gasteiger partial charge in [0.05, 0.1) is 6.04 Å². The quantitative estimate of drug-likeness (QED) is 0.885. The molecule has 1 amide bonds. The number of amides is 1. The number of aryl methyl sites for hydroxylation is 2. The third-order valence-electron chi connectivity index (χ3n) is 5.04. The lowest BCUT2D eigenvalue weighted by Gasteiger charge is -2.38. The molecule has 0 bridgehead atoms. The Morgan fingerprint density at radius 3 is 2.74 bits per heavy atom. The van der Waals surface area contributed by atoms with Crippen molar-refractivity contribution in [3.63, 3.8) is 0 Å². The maximum absolute atomic E-state index is 12.6. The highest BCUT2D eigenvalue weighted by Gasteiger charge is 2.34. The van der Waals surface area contributed by atoms with Gasteiger partial charge < -0.3 is 19.5 Å². The summed E-state index contributed by atoms with van der Waals surface area (Å²) in [6, 6.07) is 11.9. The van der Waals surface area contributed by atoms with Gasteiger partial charge in [-0.3, -0.25) is 4.79 Å². The molecule has 27 heavy (non-hydrogen) atoms.